The number of nitrogens with one attached hydrogen (secondary N) is 1. The first-order chi connectivity index (χ1) is 13.2. The van der Waals surface area contributed by atoms with Gasteiger partial charge in [-0.05, 0) is 29.1 Å². The van der Waals surface area contributed by atoms with Crippen molar-refractivity contribution in [2.75, 3.05) is 13.3 Å². The average molecular weight is 385 g/mol. The van der Waals surface area contributed by atoms with E-state index in [1.165, 1.54) is 5.01 Å². The predicted molar refractivity (Wildman–Crippen MR) is 101 cm³/mol. The molecule has 3 heterocycles. The lowest BCUT2D eigenvalue weighted by atomic mass is 10.0. The zero-order valence-corrected chi connectivity index (χ0v) is 15.6. The normalized spacial score (nSPS) is 17.7. The smallest absolute Gasteiger partial charge is 0.262 e. The molecule has 2 aromatic rings. The van der Waals surface area contributed by atoms with Crippen LogP contribution in [0.25, 0.3) is 0 Å². The summed E-state index contributed by atoms with van der Waals surface area (Å²) in [6, 6.07) is 9.38. The number of hydrogen-bond donors (Lipinski definition) is 1. The van der Waals surface area contributed by atoms with E-state index in [1.54, 1.807) is 18.3 Å². The third kappa shape index (κ3) is 3.52. The molecule has 0 aliphatic carbocycles. The van der Waals surface area contributed by atoms with Crippen molar-refractivity contribution in [2.45, 2.75) is 25.8 Å². The van der Waals surface area contributed by atoms with Gasteiger partial charge in [0.05, 0.1) is 23.2 Å². The van der Waals surface area contributed by atoms with Gasteiger partial charge in [-0.2, -0.15) is 5.10 Å². The van der Waals surface area contributed by atoms with Gasteiger partial charge in [0.2, 0.25) is 12.7 Å². The van der Waals surface area contributed by atoms with Gasteiger partial charge >= 0.3 is 0 Å². The Bertz CT molecular complexity index is 894. The van der Waals surface area contributed by atoms with Crippen molar-refractivity contribution >= 4 is 28.9 Å². The number of fused-ring (bicyclic) bond motifs is 1. The molecule has 4 rings (SSSR count). The number of hydrogen-bond acceptors (Lipinski definition) is 6. The van der Waals surface area contributed by atoms with E-state index < -0.39 is 0 Å². The number of rotatable bonds is 5. The molecule has 1 aromatic carbocycles. The molecular formula is C19H19N3O4S. The molecule has 1 aromatic heterocycles. The van der Waals surface area contributed by atoms with Crippen LogP contribution in [0.2, 0.25) is 0 Å². The molecule has 0 radical (unpaired) electrons. The summed E-state index contributed by atoms with van der Waals surface area (Å²) in [4.78, 5) is 25.3. The number of carbonyl (C=O) groups is 2. The van der Waals surface area contributed by atoms with E-state index in [-0.39, 0.29) is 31.2 Å². The Morgan fingerprint density at radius 3 is 2.93 bits per heavy atom. The minimum Gasteiger partial charge on any atom is -0.454 e. The van der Waals surface area contributed by atoms with E-state index in [0.29, 0.717) is 24.3 Å². The second-order valence-electron chi connectivity index (χ2n) is 6.23. The lowest BCUT2D eigenvalue weighted by Crippen LogP contribution is -2.37. The van der Waals surface area contributed by atoms with Crippen LogP contribution < -0.4 is 14.8 Å². The van der Waals surface area contributed by atoms with Crippen LogP contribution in [0.5, 0.6) is 11.5 Å². The fourth-order valence-electron chi connectivity index (χ4n) is 3.09. The van der Waals surface area contributed by atoms with Gasteiger partial charge in [0.15, 0.2) is 11.5 Å². The van der Waals surface area contributed by atoms with Crippen LogP contribution in [0, 0.1) is 0 Å². The van der Waals surface area contributed by atoms with Crippen molar-refractivity contribution in [3.63, 3.8) is 0 Å². The number of carbonyl (C=O) groups excluding carboxylic acids is 2. The number of amides is 2. The maximum absolute atomic E-state index is 12.7. The molecule has 2 aliphatic rings. The van der Waals surface area contributed by atoms with Crippen LogP contribution >= 0.6 is 11.3 Å². The van der Waals surface area contributed by atoms with Crippen molar-refractivity contribution in [1.29, 1.82) is 0 Å². The highest BCUT2D eigenvalue weighted by Crippen LogP contribution is 2.39. The van der Waals surface area contributed by atoms with E-state index in [4.69, 9.17) is 9.47 Å². The SMILES string of the molecule is CCC(=O)NCC(=O)N1N=C(c2cccs2)CC1c1ccc2c(c1)OCO2. The summed E-state index contributed by atoms with van der Waals surface area (Å²) in [6.45, 7) is 1.87. The quantitative estimate of drug-likeness (QED) is 0.858. The predicted octanol–water partition coefficient (Wildman–Crippen LogP) is 2.68. The fourth-order valence-corrected chi connectivity index (χ4v) is 3.81. The standard InChI is InChI=1S/C19H19N3O4S/c1-2-18(23)20-10-19(24)22-14(9-13(21-22)17-4-3-7-27-17)12-5-6-15-16(8-12)26-11-25-15/h3-8,14H,2,9-11H2,1H3,(H,20,23). The second-order valence-corrected chi connectivity index (χ2v) is 7.17. The Hall–Kier alpha value is -2.87. The topological polar surface area (TPSA) is 80.2 Å². The van der Waals surface area contributed by atoms with Crippen LogP contribution in [0.4, 0.5) is 0 Å². The van der Waals surface area contributed by atoms with Crippen LogP contribution in [0.1, 0.15) is 36.2 Å². The minimum absolute atomic E-state index is 0.0745. The summed E-state index contributed by atoms with van der Waals surface area (Å²) in [7, 11) is 0. The molecule has 0 bridgehead atoms. The molecule has 1 N–H and O–H groups in total. The van der Waals surface area contributed by atoms with Crippen molar-refractivity contribution in [2.24, 2.45) is 5.10 Å². The average Bonchev–Trinajstić information content (AvgIpc) is 3.44. The number of benzene rings is 1. The van der Waals surface area contributed by atoms with Gasteiger partial charge in [-0.3, -0.25) is 9.59 Å². The molecule has 7 nitrogen and oxygen atoms in total. The highest BCUT2D eigenvalue weighted by atomic mass is 32.1. The van der Waals surface area contributed by atoms with Crippen LogP contribution in [0.15, 0.2) is 40.8 Å². The third-order valence-corrected chi connectivity index (χ3v) is 5.43. The monoisotopic (exact) mass is 385 g/mol. The summed E-state index contributed by atoms with van der Waals surface area (Å²) < 4.78 is 10.8. The lowest BCUT2D eigenvalue weighted by Gasteiger charge is -2.22. The number of thiophene rings is 1. The van der Waals surface area contributed by atoms with Crippen LogP contribution in [-0.4, -0.2) is 35.9 Å². The highest BCUT2D eigenvalue weighted by molar-refractivity contribution is 7.12. The first-order valence-corrected chi connectivity index (χ1v) is 9.63. The largest absolute Gasteiger partial charge is 0.454 e. The van der Waals surface area contributed by atoms with Crippen LogP contribution in [-0.2, 0) is 9.59 Å². The minimum atomic E-state index is -0.248. The van der Waals surface area contributed by atoms with E-state index >= 15 is 0 Å². The summed E-state index contributed by atoms with van der Waals surface area (Å²) in [5.74, 6) is 0.962. The van der Waals surface area contributed by atoms with Crippen molar-refractivity contribution in [3.8, 4) is 11.5 Å². The summed E-state index contributed by atoms with van der Waals surface area (Å²) in [5.41, 5.74) is 1.78. The Morgan fingerprint density at radius 1 is 1.30 bits per heavy atom. The van der Waals surface area contributed by atoms with Crippen LogP contribution in [0.3, 0.4) is 0 Å². The first-order valence-electron chi connectivity index (χ1n) is 8.75. The Labute approximate surface area is 160 Å². The van der Waals surface area contributed by atoms with Gasteiger partial charge < -0.3 is 14.8 Å². The summed E-state index contributed by atoms with van der Waals surface area (Å²) in [6.07, 6.45) is 0.941. The molecule has 1 atom stereocenters. The zero-order valence-electron chi connectivity index (χ0n) is 14.8. The summed E-state index contributed by atoms with van der Waals surface area (Å²) >= 11 is 1.59. The van der Waals surface area contributed by atoms with Gasteiger partial charge in [-0.15, -0.1) is 11.3 Å². The first kappa shape index (κ1) is 17.5. The van der Waals surface area contributed by atoms with Gasteiger partial charge in [-0.25, -0.2) is 5.01 Å². The third-order valence-electron chi connectivity index (χ3n) is 4.51. The van der Waals surface area contributed by atoms with E-state index in [9.17, 15) is 9.59 Å². The maximum atomic E-state index is 12.7. The molecule has 140 valence electrons. The molecule has 1 unspecified atom stereocenters. The Kier molecular flexibility index (Phi) is 4.81. The maximum Gasteiger partial charge on any atom is 0.262 e. The zero-order chi connectivity index (χ0) is 18.8. The highest BCUT2D eigenvalue weighted by Gasteiger charge is 2.34. The molecule has 2 aliphatic heterocycles. The van der Waals surface area contributed by atoms with Gasteiger partial charge in [-0.1, -0.05) is 19.1 Å². The van der Waals surface area contributed by atoms with E-state index in [2.05, 4.69) is 10.4 Å². The molecule has 0 saturated carbocycles. The number of hydrazone groups is 1. The van der Waals surface area contributed by atoms with Gasteiger partial charge in [0, 0.05) is 12.8 Å². The van der Waals surface area contributed by atoms with Crippen molar-refractivity contribution < 1.29 is 19.1 Å². The van der Waals surface area contributed by atoms with E-state index in [1.807, 2.05) is 35.7 Å². The number of ether oxygens (including phenoxy) is 2. The molecule has 27 heavy (non-hydrogen) atoms. The Balaban J connectivity index is 1.60. The Morgan fingerprint density at radius 2 is 2.15 bits per heavy atom. The molecular weight excluding hydrogens is 366 g/mol. The molecule has 8 heteroatoms. The molecule has 0 spiro atoms. The number of nitrogens with zero attached hydrogens (tertiary/aromatic N) is 2. The van der Waals surface area contributed by atoms with E-state index in [0.717, 1.165) is 16.2 Å². The molecule has 0 saturated heterocycles. The fraction of sp³-hybridized carbons (Fsp3) is 0.316. The molecule has 2 amide bonds. The molecule has 0 fully saturated rings. The van der Waals surface area contributed by atoms with Crippen molar-refractivity contribution in [3.05, 3.63) is 46.2 Å². The van der Waals surface area contributed by atoms with Gasteiger partial charge in [0.1, 0.15) is 0 Å². The lowest BCUT2D eigenvalue weighted by molar-refractivity contribution is -0.134. The van der Waals surface area contributed by atoms with Crippen molar-refractivity contribution in [1.82, 2.24) is 10.3 Å². The second kappa shape index (κ2) is 7.40. The van der Waals surface area contributed by atoms with Gasteiger partial charge in [0.25, 0.3) is 5.91 Å². The summed E-state index contributed by atoms with van der Waals surface area (Å²) in [5, 5.41) is 10.7.